The number of rotatable bonds is 6. The van der Waals surface area contributed by atoms with Crippen LogP contribution >= 0.6 is 11.3 Å². The molecule has 1 amide bonds. The second-order valence-corrected chi connectivity index (χ2v) is 8.85. The third kappa shape index (κ3) is 3.19. The Morgan fingerprint density at radius 2 is 2.20 bits per heavy atom. The molecule has 30 heavy (non-hydrogen) atoms. The van der Waals surface area contributed by atoms with Crippen LogP contribution in [0.3, 0.4) is 0 Å². The number of H-pyrrole nitrogens is 1. The summed E-state index contributed by atoms with van der Waals surface area (Å²) >= 11 is 1.61. The lowest BCUT2D eigenvalue weighted by atomic mass is 9.97. The highest BCUT2D eigenvalue weighted by Gasteiger charge is 2.31. The van der Waals surface area contributed by atoms with Crippen molar-refractivity contribution < 1.29 is 4.79 Å². The minimum atomic E-state index is -0.214. The number of benzene rings is 1. The summed E-state index contributed by atoms with van der Waals surface area (Å²) in [6, 6.07) is 7.72. The third-order valence-corrected chi connectivity index (χ3v) is 7.17. The molecule has 0 saturated heterocycles. The van der Waals surface area contributed by atoms with Crippen molar-refractivity contribution in [3.63, 3.8) is 0 Å². The van der Waals surface area contributed by atoms with Gasteiger partial charge < -0.3 is 10.3 Å². The predicted octanol–water partition coefficient (Wildman–Crippen LogP) is 3.61. The summed E-state index contributed by atoms with van der Waals surface area (Å²) in [5.41, 5.74) is 3.71. The molecular formula is C21H23N7OS. The molecule has 1 aliphatic rings. The van der Waals surface area contributed by atoms with E-state index in [4.69, 9.17) is 4.98 Å². The maximum atomic E-state index is 13.6. The fourth-order valence-electron chi connectivity index (χ4n) is 4.09. The maximum absolute atomic E-state index is 13.6. The normalized spacial score (nSPS) is 15.3. The topological polar surface area (TPSA) is 101 Å². The van der Waals surface area contributed by atoms with Gasteiger partial charge in [-0.3, -0.25) is 4.79 Å². The Hall–Kier alpha value is -3.07. The first-order chi connectivity index (χ1) is 14.7. The van der Waals surface area contributed by atoms with E-state index >= 15 is 0 Å². The number of aryl methyl sites for hydroxylation is 1. The van der Waals surface area contributed by atoms with Gasteiger partial charge in [0.15, 0.2) is 0 Å². The van der Waals surface area contributed by atoms with Crippen molar-refractivity contribution in [2.75, 3.05) is 0 Å². The van der Waals surface area contributed by atoms with E-state index in [0.717, 1.165) is 53.1 Å². The molecule has 2 N–H and O–H groups in total. The number of imidazole rings is 1. The first kappa shape index (κ1) is 18.9. The van der Waals surface area contributed by atoms with Crippen LogP contribution in [0.2, 0.25) is 0 Å². The van der Waals surface area contributed by atoms with E-state index in [1.54, 1.807) is 22.3 Å². The Balaban J connectivity index is 1.52. The molecule has 0 saturated carbocycles. The van der Waals surface area contributed by atoms with Gasteiger partial charge in [0.2, 0.25) is 0 Å². The zero-order valence-electron chi connectivity index (χ0n) is 16.9. The summed E-state index contributed by atoms with van der Waals surface area (Å²) < 4.78 is 1.59. The number of thiophene rings is 1. The van der Waals surface area contributed by atoms with E-state index in [1.165, 1.54) is 4.88 Å². The van der Waals surface area contributed by atoms with Crippen LogP contribution in [0.4, 0.5) is 0 Å². The molecular weight excluding hydrogens is 398 g/mol. The zero-order chi connectivity index (χ0) is 20.7. The lowest BCUT2D eigenvalue weighted by molar-refractivity contribution is 0.0920. The highest BCUT2D eigenvalue weighted by molar-refractivity contribution is 7.15. The smallest absolute Gasteiger partial charge is 0.255 e. The van der Waals surface area contributed by atoms with Gasteiger partial charge >= 0.3 is 0 Å². The fourth-order valence-corrected chi connectivity index (χ4v) is 5.39. The Bertz CT molecular complexity index is 1160. The Morgan fingerprint density at radius 3 is 2.97 bits per heavy atom. The zero-order valence-corrected chi connectivity index (χ0v) is 17.7. The van der Waals surface area contributed by atoms with Crippen LogP contribution in [-0.2, 0) is 12.8 Å². The Labute approximate surface area is 177 Å². The van der Waals surface area contributed by atoms with Gasteiger partial charge in [0.25, 0.3) is 5.91 Å². The number of hydrogen-bond donors (Lipinski definition) is 2. The van der Waals surface area contributed by atoms with Crippen LogP contribution in [0.1, 0.15) is 59.4 Å². The Kier molecular flexibility index (Phi) is 4.82. The molecule has 2 unspecified atom stereocenters. The summed E-state index contributed by atoms with van der Waals surface area (Å²) in [6.07, 6.45) is 5.46. The summed E-state index contributed by atoms with van der Waals surface area (Å²) in [5, 5.41) is 15.6. The van der Waals surface area contributed by atoms with Crippen LogP contribution in [0, 0.1) is 5.92 Å². The van der Waals surface area contributed by atoms with E-state index in [0.29, 0.717) is 5.56 Å². The van der Waals surface area contributed by atoms with E-state index in [1.807, 2.05) is 24.3 Å². The molecule has 0 aliphatic heterocycles. The number of nitrogens with zero attached hydrogens (tertiary/aromatic N) is 5. The van der Waals surface area contributed by atoms with Crippen molar-refractivity contribution in [3.8, 4) is 5.00 Å². The second kappa shape index (κ2) is 7.64. The average Bonchev–Trinajstić information content (AvgIpc) is 3.53. The van der Waals surface area contributed by atoms with Crippen molar-refractivity contribution >= 4 is 28.3 Å². The lowest BCUT2D eigenvalue weighted by Crippen LogP contribution is -2.34. The van der Waals surface area contributed by atoms with Crippen LogP contribution < -0.4 is 5.32 Å². The fraction of sp³-hybridized carbons (Fsp3) is 0.381. The van der Waals surface area contributed by atoms with Gasteiger partial charge in [0.1, 0.15) is 17.2 Å². The van der Waals surface area contributed by atoms with Crippen molar-refractivity contribution in [1.29, 1.82) is 0 Å². The molecule has 0 radical (unpaired) electrons. The number of fused-ring (bicyclic) bond motifs is 2. The molecule has 2 atom stereocenters. The summed E-state index contributed by atoms with van der Waals surface area (Å²) in [5.74, 6) is 0.915. The number of amides is 1. The number of nitrogens with one attached hydrogen (secondary N) is 2. The first-order valence-electron chi connectivity index (χ1n) is 10.3. The van der Waals surface area contributed by atoms with Crippen LogP contribution in [0.5, 0.6) is 0 Å². The van der Waals surface area contributed by atoms with E-state index in [-0.39, 0.29) is 17.9 Å². The predicted molar refractivity (Wildman–Crippen MR) is 115 cm³/mol. The molecule has 4 aromatic rings. The third-order valence-electron chi connectivity index (χ3n) is 5.89. The molecule has 9 heteroatoms. The van der Waals surface area contributed by atoms with Crippen LogP contribution in [0.25, 0.3) is 16.0 Å². The molecule has 3 heterocycles. The minimum absolute atomic E-state index is 0.0920. The minimum Gasteiger partial charge on any atom is -0.342 e. The van der Waals surface area contributed by atoms with Crippen molar-refractivity contribution in [2.45, 2.75) is 45.6 Å². The summed E-state index contributed by atoms with van der Waals surface area (Å²) in [4.78, 5) is 23.0. The number of para-hydroxylation sites is 2. The van der Waals surface area contributed by atoms with Crippen LogP contribution in [-0.4, -0.2) is 36.1 Å². The standard InChI is InChI=1S/C21H23N7OS/c1-3-12(2)18(19-23-14-8-4-5-9-15(14)24-19)25-20(29)17-13-7-6-10-16(13)30-21(17)28-11-22-26-27-28/h4-5,8-9,11-12,18H,3,6-7,10H2,1-2H3,(H,23,24)(H,25,29). The second-order valence-electron chi connectivity index (χ2n) is 7.77. The molecule has 1 aromatic carbocycles. The molecule has 1 aliphatic carbocycles. The lowest BCUT2D eigenvalue weighted by Gasteiger charge is -2.23. The highest BCUT2D eigenvalue weighted by Crippen LogP contribution is 2.38. The van der Waals surface area contributed by atoms with Gasteiger partial charge in [0, 0.05) is 4.88 Å². The van der Waals surface area contributed by atoms with Gasteiger partial charge in [-0.25, -0.2) is 4.98 Å². The average molecular weight is 422 g/mol. The van der Waals surface area contributed by atoms with Gasteiger partial charge in [-0.15, -0.1) is 16.4 Å². The molecule has 0 bridgehead atoms. The van der Waals surface area contributed by atoms with Crippen LogP contribution in [0.15, 0.2) is 30.6 Å². The summed E-state index contributed by atoms with van der Waals surface area (Å²) in [6.45, 7) is 4.26. The maximum Gasteiger partial charge on any atom is 0.255 e. The molecule has 5 rings (SSSR count). The molecule has 154 valence electrons. The van der Waals surface area contributed by atoms with Crippen molar-refractivity contribution in [1.82, 2.24) is 35.5 Å². The molecule has 3 aromatic heterocycles. The monoisotopic (exact) mass is 421 g/mol. The highest BCUT2D eigenvalue weighted by atomic mass is 32.1. The van der Waals surface area contributed by atoms with E-state index < -0.39 is 0 Å². The molecule has 0 fully saturated rings. The number of aromatic amines is 1. The van der Waals surface area contributed by atoms with Gasteiger partial charge in [-0.2, -0.15) is 4.68 Å². The van der Waals surface area contributed by atoms with Crippen molar-refractivity contribution in [3.05, 3.63) is 52.4 Å². The number of carbonyl (C=O) groups excluding carboxylic acids is 1. The Morgan fingerprint density at radius 1 is 1.33 bits per heavy atom. The van der Waals surface area contributed by atoms with Gasteiger partial charge in [-0.1, -0.05) is 32.4 Å². The molecule has 8 nitrogen and oxygen atoms in total. The quantitative estimate of drug-likeness (QED) is 0.495. The largest absolute Gasteiger partial charge is 0.342 e. The first-order valence-corrected chi connectivity index (χ1v) is 11.1. The summed E-state index contributed by atoms with van der Waals surface area (Å²) in [7, 11) is 0. The number of aromatic nitrogens is 6. The van der Waals surface area contributed by atoms with E-state index in [2.05, 4.69) is 39.7 Å². The van der Waals surface area contributed by atoms with Crippen molar-refractivity contribution in [2.24, 2.45) is 5.92 Å². The number of tetrazole rings is 1. The number of carbonyl (C=O) groups is 1. The van der Waals surface area contributed by atoms with Gasteiger partial charge in [0.05, 0.1) is 22.6 Å². The number of hydrogen-bond acceptors (Lipinski definition) is 6. The van der Waals surface area contributed by atoms with E-state index in [9.17, 15) is 4.79 Å². The van der Waals surface area contributed by atoms with Gasteiger partial charge in [-0.05, 0) is 53.3 Å². The SMILES string of the molecule is CCC(C)C(NC(=O)c1c(-n2cnnn2)sc2c1CCC2)c1nc2ccccc2[nH]1. The molecule has 0 spiro atoms.